The maximum Gasteiger partial charge on any atom is 0.193 e. The Morgan fingerprint density at radius 1 is 1.60 bits per heavy atom. The average Bonchev–Trinajstić information content (AvgIpc) is 2.63. The number of hydrogen-bond acceptors (Lipinski definition) is 4. The molecule has 138 valence electrons. The molecule has 0 aliphatic carbocycles. The molecule has 0 aromatic carbocycles. The van der Waals surface area contributed by atoms with Crippen molar-refractivity contribution in [1.82, 2.24) is 15.2 Å². The Morgan fingerprint density at radius 3 is 3.16 bits per heavy atom. The van der Waals surface area contributed by atoms with Crippen molar-refractivity contribution in [3.8, 4) is 0 Å². The highest BCUT2D eigenvalue weighted by Gasteiger charge is 2.18. The predicted octanol–water partition coefficient (Wildman–Crippen LogP) is 2.28. The second-order valence-corrected chi connectivity index (χ2v) is 6.40. The normalized spacial score (nSPS) is 18.1. The zero-order valence-corrected chi connectivity index (χ0v) is 15.7. The molecule has 1 atom stereocenters. The van der Waals surface area contributed by atoms with Crippen molar-refractivity contribution in [2.45, 2.75) is 32.4 Å². The number of ether oxygens (including phenoxy) is 1. The third-order valence-electron chi connectivity index (χ3n) is 4.30. The lowest BCUT2D eigenvalue weighted by molar-refractivity contribution is 0.0529. The van der Waals surface area contributed by atoms with Crippen molar-refractivity contribution in [2.24, 2.45) is 4.99 Å². The largest absolute Gasteiger partial charge is 0.375 e. The number of aromatic nitrogens is 1. The van der Waals surface area contributed by atoms with Crippen molar-refractivity contribution in [1.29, 1.82) is 0 Å². The van der Waals surface area contributed by atoms with Gasteiger partial charge in [0, 0.05) is 46.5 Å². The summed E-state index contributed by atoms with van der Waals surface area (Å²) in [5.41, 5.74) is 1.20. The molecule has 1 saturated heterocycles. The number of morpholine rings is 1. The number of anilines is 1. The minimum absolute atomic E-state index is 0.250. The summed E-state index contributed by atoms with van der Waals surface area (Å²) in [7, 11) is 3.88. The molecule has 6 heteroatoms. The lowest BCUT2D eigenvalue weighted by atomic mass is 10.2. The van der Waals surface area contributed by atoms with Crippen LogP contribution in [0.3, 0.4) is 0 Å². The predicted molar refractivity (Wildman–Crippen MR) is 104 cm³/mol. The molecule has 2 rings (SSSR count). The van der Waals surface area contributed by atoms with E-state index in [0.29, 0.717) is 0 Å². The van der Waals surface area contributed by atoms with E-state index in [9.17, 15) is 0 Å². The van der Waals surface area contributed by atoms with E-state index in [1.807, 2.05) is 25.4 Å². The van der Waals surface area contributed by atoms with Crippen molar-refractivity contribution >= 4 is 11.8 Å². The molecule has 1 fully saturated rings. The van der Waals surface area contributed by atoms with E-state index in [-0.39, 0.29) is 6.10 Å². The SMILES string of the molecule is C=CCCCN(C)C(=NC)NCc1ccnc(N2CCOC(C)C2)c1. The van der Waals surface area contributed by atoms with Crippen LogP contribution in [0.4, 0.5) is 5.82 Å². The first-order chi connectivity index (χ1) is 12.1. The third kappa shape index (κ3) is 6.05. The van der Waals surface area contributed by atoms with Crippen LogP contribution in [0.1, 0.15) is 25.3 Å². The summed E-state index contributed by atoms with van der Waals surface area (Å²) in [6.07, 6.45) is 6.18. The van der Waals surface area contributed by atoms with Crippen LogP contribution in [0.15, 0.2) is 36.0 Å². The Labute approximate surface area is 151 Å². The fourth-order valence-corrected chi connectivity index (χ4v) is 2.91. The lowest BCUT2D eigenvalue weighted by Gasteiger charge is -2.32. The van der Waals surface area contributed by atoms with Gasteiger partial charge in [-0.2, -0.15) is 0 Å². The first-order valence-corrected chi connectivity index (χ1v) is 8.98. The number of nitrogens with zero attached hydrogens (tertiary/aromatic N) is 4. The molecule has 1 unspecified atom stereocenters. The summed E-state index contributed by atoms with van der Waals surface area (Å²) < 4.78 is 5.61. The van der Waals surface area contributed by atoms with Crippen molar-refractivity contribution < 1.29 is 4.74 Å². The van der Waals surface area contributed by atoms with E-state index in [1.165, 1.54) is 5.56 Å². The van der Waals surface area contributed by atoms with Gasteiger partial charge in [0.15, 0.2) is 5.96 Å². The number of unbranched alkanes of at least 4 members (excludes halogenated alkanes) is 1. The Balaban J connectivity index is 1.91. The molecule has 6 nitrogen and oxygen atoms in total. The molecular formula is C19H31N5O. The van der Waals surface area contributed by atoms with E-state index < -0.39 is 0 Å². The van der Waals surface area contributed by atoms with Crippen LogP contribution >= 0.6 is 0 Å². The van der Waals surface area contributed by atoms with Gasteiger partial charge < -0.3 is 19.9 Å². The molecule has 0 saturated carbocycles. The van der Waals surface area contributed by atoms with E-state index in [1.54, 1.807) is 0 Å². The standard InChI is InChI=1S/C19H31N5O/c1-5-6-7-10-23(4)19(20-3)22-14-17-8-9-21-18(13-17)24-11-12-25-16(2)15-24/h5,8-9,13,16H,1,6-7,10-12,14-15H2,2-4H3,(H,20,22). The van der Waals surface area contributed by atoms with Crippen LogP contribution in [0.25, 0.3) is 0 Å². The Bertz CT molecular complexity index is 575. The van der Waals surface area contributed by atoms with Crippen molar-refractivity contribution in [2.75, 3.05) is 45.2 Å². The van der Waals surface area contributed by atoms with E-state index >= 15 is 0 Å². The van der Waals surface area contributed by atoms with Gasteiger partial charge in [0.2, 0.25) is 0 Å². The molecule has 2 heterocycles. The highest BCUT2D eigenvalue weighted by molar-refractivity contribution is 5.79. The smallest absolute Gasteiger partial charge is 0.193 e. The molecule has 25 heavy (non-hydrogen) atoms. The van der Waals surface area contributed by atoms with E-state index in [2.05, 4.69) is 51.7 Å². The maximum atomic E-state index is 5.61. The minimum Gasteiger partial charge on any atom is -0.375 e. The number of hydrogen-bond donors (Lipinski definition) is 1. The van der Waals surface area contributed by atoms with Crippen molar-refractivity contribution in [3.63, 3.8) is 0 Å². The zero-order chi connectivity index (χ0) is 18.1. The number of aliphatic imine (C=N–C) groups is 1. The lowest BCUT2D eigenvalue weighted by Crippen LogP contribution is -2.41. The first kappa shape index (κ1) is 19.2. The highest BCUT2D eigenvalue weighted by Crippen LogP contribution is 2.16. The maximum absolute atomic E-state index is 5.61. The summed E-state index contributed by atoms with van der Waals surface area (Å²) in [6.45, 7) is 10.1. The summed E-state index contributed by atoms with van der Waals surface area (Å²) in [6, 6.07) is 4.20. The van der Waals surface area contributed by atoms with Crippen LogP contribution in [0, 0.1) is 0 Å². The molecular weight excluding hydrogens is 314 g/mol. The van der Waals surface area contributed by atoms with Gasteiger partial charge in [0.05, 0.1) is 12.7 Å². The van der Waals surface area contributed by atoms with Gasteiger partial charge in [-0.15, -0.1) is 6.58 Å². The molecule has 0 radical (unpaired) electrons. The number of pyridine rings is 1. The molecule has 1 aliphatic heterocycles. The fourth-order valence-electron chi connectivity index (χ4n) is 2.91. The minimum atomic E-state index is 0.250. The van der Waals surface area contributed by atoms with Gasteiger partial charge in [-0.25, -0.2) is 4.98 Å². The monoisotopic (exact) mass is 345 g/mol. The molecule has 1 N–H and O–H groups in total. The fraction of sp³-hybridized carbons (Fsp3) is 0.579. The molecule has 1 aromatic rings. The highest BCUT2D eigenvalue weighted by atomic mass is 16.5. The van der Waals surface area contributed by atoms with Gasteiger partial charge in [-0.1, -0.05) is 6.08 Å². The zero-order valence-electron chi connectivity index (χ0n) is 15.7. The van der Waals surface area contributed by atoms with Crippen LogP contribution in [0.5, 0.6) is 0 Å². The topological polar surface area (TPSA) is 53.0 Å². The second-order valence-electron chi connectivity index (χ2n) is 6.40. The summed E-state index contributed by atoms with van der Waals surface area (Å²) in [4.78, 5) is 13.3. The number of nitrogens with one attached hydrogen (secondary N) is 1. The van der Waals surface area contributed by atoms with E-state index in [4.69, 9.17) is 4.74 Å². The molecule has 1 aliphatic rings. The van der Waals surface area contributed by atoms with Gasteiger partial charge in [-0.05, 0) is 37.5 Å². The Morgan fingerprint density at radius 2 is 2.44 bits per heavy atom. The van der Waals surface area contributed by atoms with Crippen molar-refractivity contribution in [3.05, 3.63) is 36.5 Å². The summed E-state index contributed by atoms with van der Waals surface area (Å²) in [5, 5.41) is 3.43. The van der Waals surface area contributed by atoms with Crippen LogP contribution in [0.2, 0.25) is 0 Å². The summed E-state index contributed by atoms with van der Waals surface area (Å²) >= 11 is 0. The van der Waals surface area contributed by atoms with Crippen LogP contribution in [-0.2, 0) is 11.3 Å². The van der Waals surface area contributed by atoms with Crippen LogP contribution < -0.4 is 10.2 Å². The quantitative estimate of drug-likeness (QED) is 0.356. The average molecular weight is 345 g/mol. The summed E-state index contributed by atoms with van der Waals surface area (Å²) in [5.74, 6) is 1.92. The molecule has 0 amide bonds. The first-order valence-electron chi connectivity index (χ1n) is 8.98. The molecule has 1 aromatic heterocycles. The Hall–Kier alpha value is -2.08. The van der Waals surface area contributed by atoms with Crippen LogP contribution in [-0.4, -0.2) is 62.3 Å². The molecule has 0 bridgehead atoms. The second kappa shape index (κ2) is 10.0. The van der Waals surface area contributed by atoms with Gasteiger partial charge in [0.1, 0.15) is 5.82 Å². The molecule has 0 spiro atoms. The Kier molecular flexibility index (Phi) is 7.73. The van der Waals surface area contributed by atoms with Gasteiger partial charge in [0.25, 0.3) is 0 Å². The number of guanidine groups is 1. The van der Waals surface area contributed by atoms with Gasteiger partial charge >= 0.3 is 0 Å². The number of allylic oxidation sites excluding steroid dienone is 1. The number of rotatable bonds is 7. The third-order valence-corrected chi connectivity index (χ3v) is 4.30. The van der Waals surface area contributed by atoms with Gasteiger partial charge in [-0.3, -0.25) is 4.99 Å². The van der Waals surface area contributed by atoms with E-state index in [0.717, 1.165) is 57.4 Å².